The third-order valence-electron chi connectivity index (χ3n) is 2.42. The van der Waals surface area contributed by atoms with Gasteiger partial charge < -0.3 is 0 Å². The number of aldehydes is 1. The molecule has 1 aliphatic carbocycles. The van der Waals surface area contributed by atoms with Gasteiger partial charge in [0.25, 0.3) is 0 Å². The Kier molecular flexibility index (Phi) is 1.31. The Balaban J connectivity index is 2.55. The first-order chi connectivity index (χ1) is 5.33. The van der Waals surface area contributed by atoms with Crippen LogP contribution in [0.2, 0.25) is 0 Å². The van der Waals surface area contributed by atoms with Gasteiger partial charge in [-0.1, -0.05) is 25.1 Å². The lowest BCUT2D eigenvalue weighted by Crippen LogP contribution is -2.16. The summed E-state index contributed by atoms with van der Waals surface area (Å²) < 4.78 is 0. The van der Waals surface area contributed by atoms with E-state index in [0.717, 1.165) is 18.3 Å². The van der Waals surface area contributed by atoms with Crippen LogP contribution in [0, 0.1) is 0 Å². The van der Waals surface area contributed by atoms with Crippen LogP contribution in [0.5, 0.6) is 0 Å². The molecule has 1 aromatic rings. The smallest absolute Gasteiger partial charge is 0.150 e. The Bertz CT molecular complexity index is 302. The molecule has 0 amide bonds. The van der Waals surface area contributed by atoms with Crippen molar-refractivity contribution in [1.82, 2.24) is 0 Å². The number of benzene rings is 1. The molecule has 2 rings (SSSR count). The molecule has 0 fully saturated rings. The third kappa shape index (κ3) is 0.805. The van der Waals surface area contributed by atoms with Crippen molar-refractivity contribution in [3.8, 4) is 0 Å². The monoisotopic (exact) mass is 146 g/mol. The van der Waals surface area contributed by atoms with Gasteiger partial charge >= 0.3 is 0 Å². The number of fused-ring (bicyclic) bond motifs is 1. The zero-order chi connectivity index (χ0) is 7.84. The zero-order valence-corrected chi connectivity index (χ0v) is 6.50. The van der Waals surface area contributed by atoms with Gasteiger partial charge in [0.2, 0.25) is 0 Å². The Labute approximate surface area is 66.0 Å². The molecule has 1 nitrogen and oxygen atoms in total. The van der Waals surface area contributed by atoms with Crippen LogP contribution in [0.25, 0.3) is 0 Å². The van der Waals surface area contributed by atoms with Crippen LogP contribution in [0.4, 0.5) is 0 Å². The minimum absolute atomic E-state index is 0.657. The van der Waals surface area contributed by atoms with E-state index < -0.39 is 0 Å². The molecule has 0 aliphatic heterocycles. The standard InChI is InChI=1S/C10H10O/c1-7-5-10-8(6-11)3-2-4-9(7)10/h2-4,6-7H,5H2,1H3. The summed E-state index contributed by atoms with van der Waals surface area (Å²) in [5.74, 6) is 0.657. The van der Waals surface area contributed by atoms with E-state index in [4.69, 9.17) is 0 Å². The molecular weight excluding hydrogens is 136 g/mol. The summed E-state index contributed by atoms with van der Waals surface area (Å²) in [6.07, 6.45) is 2.02. The number of hydrogen-bond donors (Lipinski definition) is 0. The molecule has 0 saturated heterocycles. The van der Waals surface area contributed by atoms with E-state index in [1.165, 1.54) is 11.1 Å². The van der Waals surface area contributed by atoms with Crippen molar-refractivity contribution in [2.75, 3.05) is 0 Å². The lowest BCUT2D eigenvalue weighted by molar-refractivity contribution is 0.112. The predicted molar refractivity (Wildman–Crippen MR) is 43.9 cm³/mol. The summed E-state index contributed by atoms with van der Waals surface area (Å²) in [5.41, 5.74) is 3.49. The summed E-state index contributed by atoms with van der Waals surface area (Å²) in [5, 5.41) is 0. The lowest BCUT2D eigenvalue weighted by atomic mass is 9.77. The van der Waals surface area contributed by atoms with E-state index in [0.29, 0.717) is 5.92 Å². The number of carbonyl (C=O) groups excluding carboxylic acids is 1. The van der Waals surface area contributed by atoms with Crippen LogP contribution in [0.3, 0.4) is 0 Å². The molecule has 0 N–H and O–H groups in total. The summed E-state index contributed by atoms with van der Waals surface area (Å²) in [6, 6.07) is 5.95. The van der Waals surface area contributed by atoms with Crippen LogP contribution < -0.4 is 0 Å². The molecule has 1 unspecified atom stereocenters. The fourth-order valence-corrected chi connectivity index (χ4v) is 1.72. The molecule has 0 aromatic heterocycles. The van der Waals surface area contributed by atoms with Crippen molar-refractivity contribution in [3.63, 3.8) is 0 Å². The average molecular weight is 146 g/mol. The summed E-state index contributed by atoms with van der Waals surface area (Å²) in [6.45, 7) is 2.19. The minimum atomic E-state index is 0.657. The number of hydrogen-bond acceptors (Lipinski definition) is 1. The molecule has 1 heteroatoms. The van der Waals surface area contributed by atoms with Crippen molar-refractivity contribution in [2.24, 2.45) is 0 Å². The Morgan fingerprint density at radius 1 is 1.55 bits per heavy atom. The molecule has 0 spiro atoms. The molecule has 0 bridgehead atoms. The van der Waals surface area contributed by atoms with Crippen LogP contribution in [0.15, 0.2) is 18.2 Å². The SMILES string of the molecule is CC1Cc2c(C=O)cccc21. The fraction of sp³-hybridized carbons (Fsp3) is 0.300. The molecule has 0 saturated carbocycles. The quantitative estimate of drug-likeness (QED) is 0.555. The van der Waals surface area contributed by atoms with E-state index in [1.807, 2.05) is 12.1 Å². The van der Waals surface area contributed by atoms with Gasteiger partial charge in [0.15, 0.2) is 0 Å². The maximum atomic E-state index is 10.5. The highest BCUT2D eigenvalue weighted by molar-refractivity contribution is 5.79. The Morgan fingerprint density at radius 2 is 2.36 bits per heavy atom. The van der Waals surface area contributed by atoms with Crippen molar-refractivity contribution in [1.29, 1.82) is 0 Å². The van der Waals surface area contributed by atoms with Gasteiger partial charge in [0, 0.05) is 5.56 Å². The van der Waals surface area contributed by atoms with Gasteiger partial charge in [-0.3, -0.25) is 4.79 Å². The molecule has 0 radical (unpaired) electrons. The van der Waals surface area contributed by atoms with Crippen LogP contribution >= 0.6 is 0 Å². The van der Waals surface area contributed by atoms with E-state index in [-0.39, 0.29) is 0 Å². The fourth-order valence-electron chi connectivity index (χ4n) is 1.72. The van der Waals surface area contributed by atoms with Crippen LogP contribution in [-0.4, -0.2) is 6.29 Å². The Morgan fingerprint density at radius 3 is 3.00 bits per heavy atom. The third-order valence-corrected chi connectivity index (χ3v) is 2.42. The highest BCUT2D eigenvalue weighted by Crippen LogP contribution is 2.35. The largest absolute Gasteiger partial charge is 0.298 e. The highest BCUT2D eigenvalue weighted by atomic mass is 16.1. The second kappa shape index (κ2) is 2.19. The van der Waals surface area contributed by atoms with Crippen LogP contribution in [-0.2, 0) is 6.42 Å². The van der Waals surface area contributed by atoms with E-state index in [1.54, 1.807) is 0 Å². The predicted octanol–water partition coefficient (Wildman–Crippen LogP) is 2.16. The van der Waals surface area contributed by atoms with Gasteiger partial charge in [-0.2, -0.15) is 0 Å². The van der Waals surface area contributed by atoms with Gasteiger partial charge in [-0.05, 0) is 23.5 Å². The normalized spacial score (nSPS) is 20.3. The second-order valence-electron chi connectivity index (χ2n) is 3.14. The minimum Gasteiger partial charge on any atom is -0.298 e. The summed E-state index contributed by atoms with van der Waals surface area (Å²) >= 11 is 0. The molecule has 11 heavy (non-hydrogen) atoms. The molecular formula is C10H10O. The molecule has 1 atom stereocenters. The topological polar surface area (TPSA) is 17.1 Å². The van der Waals surface area contributed by atoms with Crippen LogP contribution in [0.1, 0.15) is 34.3 Å². The van der Waals surface area contributed by atoms with E-state index in [9.17, 15) is 4.79 Å². The van der Waals surface area contributed by atoms with Gasteiger partial charge in [-0.25, -0.2) is 0 Å². The summed E-state index contributed by atoms with van der Waals surface area (Å²) in [4.78, 5) is 10.5. The van der Waals surface area contributed by atoms with Crippen molar-refractivity contribution in [3.05, 3.63) is 34.9 Å². The zero-order valence-electron chi connectivity index (χ0n) is 6.50. The lowest BCUT2D eigenvalue weighted by Gasteiger charge is -2.27. The second-order valence-corrected chi connectivity index (χ2v) is 3.14. The molecule has 56 valence electrons. The number of carbonyl (C=O) groups is 1. The first-order valence-corrected chi connectivity index (χ1v) is 3.90. The molecule has 0 heterocycles. The molecule has 1 aromatic carbocycles. The van der Waals surface area contributed by atoms with Crippen molar-refractivity contribution in [2.45, 2.75) is 19.3 Å². The van der Waals surface area contributed by atoms with Gasteiger partial charge in [0.05, 0.1) is 0 Å². The number of rotatable bonds is 1. The van der Waals surface area contributed by atoms with Gasteiger partial charge in [-0.15, -0.1) is 0 Å². The highest BCUT2D eigenvalue weighted by Gasteiger charge is 2.23. The van der Waals surface area contributed by atoms with E-state index >= 15 is 0 Å². The maximum Gasteiger partial charge on any atom is 0.150 e. The van der Waals surface area contributed by atoms with Gasteiger partial charge in [0.1, 0.15) is 6.29 Å². The first-order valence-electron chi connectivity index (χ1n) is 3.90. The maximum absolute atomic E-state index is 10.5. The van der Waals surface area contributed by atoms with Crippen molar-refractivity contribution < 1.29 is 4.79 Å². The van der Waals surface area contributed by atoms with Crippen molar-refractivity contribution >= 4 is 6.29 Å². The Hall–Kier alpha value is -1.11. The molecule has 1 aliphatic rings. The summed E-state index contributed by atoms with van der Waals surface area (Å²) in [7, 11) is 0. The van der Waals surface area contributed by atoms with E-state index in [2.05, 4.69) is 13.0 Å². The first kappa shape index (κ1) is 6.59. The average Bonchev–Trinajstić information content (AvgIpc) is 2.03.